The number of rotatable bonds is 4. The number of carbonyl (C=O) groups is 1. The minimum atomic E-state index is -0.257. The van der Waals surface area contributed by atoms with E-state index in [4.69, 9.17) is 0 Å². The average Bonchev–Trinajstić information content (AvgIpc) is 2.81. The fraction of sp³-hybridized carbons (Fsp3) is 0.400. The molecule has 0 aliphatic heterocycles. The number of nitrogens with zero attached hydrogens (tertiary/aromatic N) is 1. The van der Waals surface area contributed by atoms with Gasteiger partial charge in [0.2, 0.25) is 5.91 Å². The molecular formula is C15H18FNO. The Morgan fingerprint density at radius 2 is 2.33 bits per heavy atom. The highest BCUT2D eigenvalue weighted by Gasteiger charge is 2.17. The highest BCUT2D eigenvalue weighted by atomic mass is 19.1. The number of hydrogen-bond donors (Lipinski definition) is 0. The molecule has 0 N–H and O–H groups in total. The molecule has 0 fully saturated rings. The van der Waals surface area contributed by atoms with E-state index in [0.29, 0.717) is 18.9 Å². The van der Waals surface area contributed by atoms with Gasteiger partial charge < -0.3 is 4.90 Å². The Morgan fingerprint density at radius 3 is 3.00 bits per heavy atom. The molecule has 1 atom stereocenters. The molecule has 0 saturated carbocycles. The second-order valence-electron chi connectivity index (χ2n) is 4.85. The highest BCUT2D eigenvalue weighted by Crippen LogP contribution is 2.21. The van der Waals surface area contributed by atoms with Crippen molar-refractivity contribution in [3.8, 4) is 0 Å². The van der Waals surface area contributed by atoms with Crippen molar-refractivity contribution in [1.82, 2.24) is 4.90 Å². The van der Waals surface area contributed by atoms with Crippen LogP contribution in [0.2, 0.25) is 0 Å². The van der Waals surface area contributed by atoms with Crippen molar-refractivity contribution in [1.29, 1.82) is 0 Å². The van der Waals surface area contributed by atoms with Gasteiger partial charge in [0.25, 0.3) is 0 Å². The van der Waals surface area contributed by atoms with Gasteiger partial charge in [-0.25, -0.2) is 4.39 Å². The van der Waals surface area contributed by atoms with Crippen molar-refractivity contribution < 1.29 is 9.18 Å². The summed E-state index contributed by atoms with van der Waals surface area (Å²) in [4.78, 5) is 13.7. The lowest BCUT2D eigenvalue weighted by atomic mass is 10.0. The average molecular weight is 247 g/mol. The van der Waals surface area contributed by atoms with Gasteiger partial charge in [-0.15, -0.1) is 0 Å². The number of allylic oxidation sites excluding steroid dienone is 2. The minimum absolute atomic E-state index is 0.121. The maximum absolute atomic E-state index is 13.0. The first-order chi connectivity index (χ1) is 8.65. The van der Waals surface area contributed by atoms with E-state index in [0.717, 1.165) is 18.4 Å². The first-order valence-electron chi connectivity index (χ1n) is 6.30. The normalized spacial score (nSPS) is 18.0. The van der Waals surface area contributed by atoms with Gasteiger partial charge in [-0.05, 0) is 36.5 Å². The van der Waals surface area contributed by atoms with Crippen LogP contribution in [0.1, 0.15) is 24.8 Å². The second-order valence-corrected chi connectivity index (χ2v) is 4.85. The monoisotopic (exact) mass is 247 g/mol. The van der Waals surface area contributed by atoms with Crippen LogP contribution in [0.5, 0.6) is 0 Å². The molecular weight excluding hydrogens is 229 g/mol. The predicted octanol–water partition coefficient (Wildman–Crippen LogP) is 3.14. The molecule has 0 spiro atoms. The van der Waals surface area contributed by atoms with Gasteiger partial charge in [0.15, 0.2) is 0 Å². The van der Waals surface area contributed by atoms with Crippen LogP contribution in [0.25, 0.3) is 0 Å². The molecule has 1 amide bonds. The fourth-order valence-corrected chi connectivity index (χ4v) is 2.24. The molecule has 1 aromatic rings. The second kappa shape index (κ2) is 5.80. The van der Waals surface area contributed by atoms with E-state index >= 15 is 0 Å². The quantitative estimate of drug-likeness (QED) is 0.748. The molecule has 0 bridgehead atoms. The zero-order valence-electron chi connectivity index (χ0n) is 10.6. The Bertz CT molecular complexity index is 456. The van der Waals surface area contributed by atoms with E-state index in [1.54, 1.807) is 18.0 Å². The minimum Gasteiger partial charge on any atom is -0.341 e. The van der Waals surface area contributed by atoms with Gasteiger partial charge in [-0.3, -0.25) is 4.79 Å². The highest BCUT2D eigenvalue weighted by molar-refractivity contribution is 5.76. The van der Waals surface area contributed by atoms with Crippen molar-refractivity contribution >= 4 is 5.91 Å². The summed E-state index contributed by atoms with van der Waals surface area (Å²) in [6.07, 6.45) is 6.95. The van der Waals surface area contributed by atoms with Crippen LogP contribution < -0.4 is 0 Å². The third-order valence-electron chi connectivity index (χ3n) is 3.28. The Kier molecular flexibility index (Phi) is 4.13. The molecule has 96 valence electrons. The van der Waals surface area contributed by atoms with E-state index in [1.165, 1.54) is 12.1 Å². The largest absolute Gasteiger partial charge is 0.341 e. The standard InChI is InChI=1S/C15H18FNO/c1-17(11-13-7-4-8-14(16)9-13)15(18)10-12-5-2-3-6-12/h2,4-5,7-9,12H,3,6,10-11H2,1H3/t12-/m1/s1. The summed E-state index contributed by atoms with van der Waals surface area (Å²) in [5.74, 6) is 0.246. The van der Waals surface area contributed by atoms with Crippen LogP contribution in [0.3, 0.4) is 0 Å². The summed E-state index contributed by atoms with van der Waals surface area (Å²) in [7, 11) is 1.77. The molecule has 18 heavy (non-hydrogen) atoms. The first-order valence-corrected chi connectivity index (χ1v) is 6.30. The van der Waals surface area contributed by atoms with Crippen molar-refractivity contribution in [3.05, 3.63) is 47.8 Å². The molecule has 0 saturated heterocycles. The molecule has 1 aliphatic rings. The number of benzene rings is 1. The lowest BCUT2D eigenvalue weighted by molar-refractivity contribution is -0.131. The Labute approximate surface area is 107 Å². The van der Waals surface area contributed by atoms with Crippen LogP contribution >= 0.6 is 0 Å². The van der Waals surface area contributed by atoms with Gasteiger partial charge in [0, 0.05) is 20.0 Å². The summed E-state index contributed by atoms with van der Waals surface area (Å²) in [6, 6.07) is 6.39. The SMILES string of the molecule is CN(Cc1cccc(F)c1)C(=O)C[C@@H]1C=CCC1. The maximum atomic E-state index is 13.0. The molecule has 3 heteroatoms. The first kappa shape index (κ1) is 12.8. The van der Waals surface area contributed by atoms with Gasteiger partial charge in [-0.1, -0.05) is 24.3 Å². The van der Waals surface area contributed by atoms with Crippen LogP contribution in [-0.4, -0.2) is 17.9 Å². The van der Waals surface area contributed by atoms with Crippen LogP contribution in [-0.2, 0) is 11.3 Å². The van der Waals surface area contributed by atoms with E-state index < -0.39 is 0 Å². The van der Waals surface area contributed by atoms with Gasteiger partial charge in [-0.2, -0.15) is 0 Å². The van der Waals surface area contributed by atoms with E-state index in [2.05, 4.69) is 12.2 Å². The van der Waals surface area contributed by atoms with Crippen LogP contribution in [0, 0.1) is 11.7 Å². The number of amides is 1. The maximum Gasteiger partial charge on any atom is 0.223 e. The predicted molar refractivity (Wildman–Crippen MR) is 69.4 cm³/mol. The molecule has 1 aromatic carbocycles. The Hall–Kier alpha value is -1.64. The fourth-order valence-electron chi connectivity index (χ4n) is 2.24. The summed E-state index contributed by atoms with van der Waals surface area (Å²) >= 11 is 0. The van der Waals surface area contributed by atoms with Gasteiger partial charge >= 0.3 is 0 Å². The molecule has 0 heterocycles. The summed E-state index contributed by atoms with van der Waals surface area (Å²) in [5.41, 5.74) is 0.827. The van der Waals surface area contributed by atoms with Crippen molar-refractivity contribution in [3.63, 3.8) is 0 Å². The third kappa shape index (κ3) is 3.42. The van der Waals surface area contributed by atoms with Crippen molar-refractivity contribution in [2.24, 2.45) is 5.92 Å². The Balaban J connectivity index is 1.88. The molecule has 2 nitrogen and oxygen atoms in total. The molecule has 0 aromatic heterocycles. The Morgan fingerprint density at radius 1 is 1.50 bits per heavy atom. The molecule has 2 rings (SSSR count). The van der Waals surface area contributed by atoms with E-state index in [-0.39, 0.29) is 11.7 Å². The van der Waals surface area contributed by atoms with E-state index in [1.807, 2.05) is 6.07 Å². The van der Waals surface area contributed by atoms with Crippen LogP contribution in [0.4, 0.5) is 4.39 Å². The van der Waals surface area contributed by atoms with E-state index in [9.17, 15) is 9.18 Å². The van der Waals surface area contributed by atoms with Crippen molar-refractivity contribution in [2.45, 2.75) is 25.8 Å². The third-order valence-corrected chi connectivity index (χ3v) is 3.28. The van der Waals surface area contributed by atoms with Gasteiger partial charge in [0.05, 0.1) is 0 Å². The van der Waals surface area contributed by atoms with Gasteiger partial charge in [0.1, 0.15) is 5.82 Å². The zero-order valence-corrected chi connectivity index (χ0v) is 10.6. The number of carbonyl (C=O) groups excluding carboxylic acids is 1. The number of halogens is 1. The number of hydrogen-bond acceptors (Lipinski definition) is 1. The van der Waals surface area contributed by atoms with Crippen LogP contribution in [0.15, 0.2) is 36.4 Å². The smallest absolute Gasteiger partial charge is 0.223 e. The summed E-state index contributed by atoms with van der Waals surface area (Å²) < 4.78 is 13.0. The molecule has 1 aliphatic carbocycles. The molecule has 0 unspecified atom stereocenters. The molecule has 0 radical (unpaired) electrons. The topological polar surface area (TPSA) is 20.3 Å². The summed E-state index contributed by atoms with van der Waals surface area (Å²) in [5, 5.41) is 0. The lowest BCUT2D eigenvalue weighted by Gasteiger charge is -2.19. The van der Waals surface area contributed by atoms with Crippen molar-refractivity contribution in [2.75, 3.05) is 7.05 Å². The summed E-state index contributed by atoms with van der Waals surface area (Å²) in [6.45, 7) is 0.465. The zero-order chi connectivity index (χ0) is 13.0. The lowest BCUT2D eigenvalue weighted by Crippen LogP contribution is -2.27.